The van der Waals surface area contributed by atoms with Gasteiger partial charge in [0.1, 0.15) is 5.54 Å². The van der Waals surface area contributed by atoms with Gasteiger partial charge in [-0.3, -0.25) is 19.7 Å². The van der Waals surface area contributed by atoms with Crippen molar-refractivity contribution in [2.45, 2.75) is 37.8 Å². The molecule has 4 atom stereocenters. The van der Waals surface area contributed by atoms with Crippen molar-refractivity contribution in [3.05, 3.63) is 90.5 Å². The predicted molar refractivity (Wildman–Crippen MR) is 134 cm³/mol. The Morgan fingerprint density at radius 1 is 0.886 bits per heavy atom. The molecule has 178 valence electrons. The van der Waals surface area contributed by atoms with E-state index in [-0.39, 0.29) is 12.3 Å². The molecule has 6 heteroatoms. The third-order valence-corrected chi connectivity index (χ3v) is 7.35. The Morgan fingerprint density at radius 3 is 2.09 bits per heavy atom. The van der Waals surface area contributed by atoms with Crippen LogP contribution in [0.3, 0.4) is 0 Å². The van der Waals surface area contributed by atoms with E-state index < -0.39 is 35.3 Å². The van der Waals surface area contributed by atoms with E-state index in [9.17, 15) is 19.5 Å². The van der Waals surface area contributed by atoms with Crippen LogP contribution in [0, 0.1) is 11.8 Å². The number of amides is 2. The maximum Gasteiger partial charge on any atom is 0.324 e. The number of carboxylic acids is 1. The van der Waals surface area contributed by atoms with Crippen molar-refractivity contribution < 1.29 is 19.5 Å². The molecule has 2 N–H and O–H groups in total. The number of rotatable bonds is 7. The highest BCUT2D eigenvalue weighted by molar-refractivity contribution is 6.24. The Hall–Kier alpha value is -3.77. The van der Waals surface area contributed by atoms with E-state index in [4.69, 9.17) is 0 Å². The van der Waals surface area contributed by atoms with Gasteiger partial charge in [-0.2, -0.15) is 0 Å². The van der Waals surface area contributed by atoms with Gasteiger partial charge >= 0.3 is 5.97 Å². The zero-order chi connectivity index (χ0) is 24.6. The number of nitrogens with zero attached hydrogens (tertiary/aromatic N) is 1. The molecule has 3 aromatic carbocycles. The summed E-state index contributed by atoms with van der Waals surface area (Å²) in [5.41, 5.74) is 1.88. The minimum atomic E-state index is -1.50. The van der Waals surface area contributed by atoms with Crippen LogP contribution in [0.15, 0.2) is 84.9 Å². The molecule has 35 heavy (non-hydrogen) atoms. The van der Waals surface area contributed by atoms with Crippen LogP contribution in [0.25, 0.3) is 11.1 Å². The summed E-state index contributed by atoms with van der Waals surface area (Å²) < 4.78 is 0. The second-order valence-electron chi connectivity index (χ2n) is 9.34. The first-order valence-corrected chi connectivity index (χ1v) is 12.1. The number of hydrogen-bond acceptors (Lipinski definition) is 4. The van der Waals surface area contributed by atoms with Gasteiger partial charge in [0, 0.05) is 6.04 Å². The van der Waals surface area contributed by atoms with Crippen molar-refractivity contribution in [2.75, 3.05) is 4.90 Å². The molecule has 4 unspecified atom stereocenters. The summed E-state index contributed by atoms with van der Waals surface area (Å²) in [6, 6.07) is 26.0. The highest BCUT2D eigenvalue weighted by atomic mass is 16.4. The zero-order valence-electron chi connectivity index (χ0n) is 19.6. The molecule has 2 aliphatic rings. The van der Waals surface area contributed by atoms with Crippen LogP contribution in [0.5, 0.6) is 0 Å². The normalized spacial score (nSPS) is 25.6. The second kappa shape index (κ2) is 9.12. The SMILES string of the molecule is CCCCC1(C(=O)O)NC(c2ccc(-c3ccccc3)cc2)C2C(=O)N(c3ccccc3)C(=O)C21. The highest BCUT2D eigenvalue weighted by Gasteiger charge is 2.68. The number of fused-ring (bicyclic) bond motifs is 1. The van der Waals surface area contributed by atoms with Crippen LogP contribution < -0.4 is 10.2 Å². The van der Waals surface area contributed by atoms with E-state index >= 15 is 0 Å². The number of carboxylic acid groups (broad SMARTS) is 1. The first-order valence-electron chi connectivity index (χ1n) is 12.1. The van der Waals surface area contributed by atoms with Gasteiger partial charge in [0.25, 0.3) is 0 Å². The number of nitrogens with one attached hydrogen (secondary N) is 1. The lowest BCUT2D eigenvalue weighted by atomic mass is 9.76. The summed E-state index contributed by atoms with van der Waals surface area (Å²) in [6.45, 7) is 1.99. The fourth-order valence-electron chi connectivity index (χ4n) is 5.62. The van der Waals surface area contributed by atoms with Crippen molar-refractivity contribution in [2.24, 2.45) is 11.8 Å². The van der Waals surface area contributed by atoms with Gasteiger partial charge in [0.2, 0.25) is 11.8 Å². The quantitative estimate of drug-likeness (QED) is 0.486. The molecular formula is C29H28N2O4. The number of para-hydroxylation sites is 1. The molecule has 0 bridgehead atoms. The smallest absolute Gasteiger partial charge is 0.324 e. The summed E-state index contributed by atoms with van der Waals surface area (Å²) in [5, 5.41) is 13.7. The van der Waals surface area contributed by atoms with Crippen LogP contribution in [-0.2, 0) is 14.4 Å². The van der Waals surface area contributed by atoms with Crippen LogP contribution in [-0.4, -0.2) is 28.4 Å². The van der Waals surface area contributed by atoms with E-state index in [1.165, 1.54) is 4.90 Å². The van der Waals surface area contributed by atoms with E-state index in [0.717, 1.165) is 23.1 Å². The van der Waals surface area contributed by atoms with Crippen LogP contribution in [0.2, 0.25) is 0 Å². The molecule has 0 spiro atoms. The van der Waals surface area contributed by atoms with Crippen LogP contribution >= 0.6 is 0 Å². The molecule has 2 saturated heterocycles. The van der Waals surface area contributed by atoms with E-state index in [1.54, 1.807) is 24.3 Å². The Balaban J connectivity index is 1.57. The number of carbonyl (C=O) groups is 3. The predicted octanol–water partition coefficient (Wildman–Crippen LogP) is 4.82. The lowest BCUT2D eigenvalue weighted by molar-refractivity contribution is -0.149. The van der Waals surface area contributed by atoms with Gasteiger partial charge in [0.05, 0.1) is 17.5 Å². The minimum absolute atomic E-state index is 0.278. The average molecular weight is 469 g/mol. The molecule has 0 saturated carbocycles. The molecule has 2 heterocycles. The van der Waals surface area contributed by atoms with E-state index in [2.05, 4.69) is 5.32 Å². The molecule has 2 aliphatic heterocycles. The standard InChI is InChI=1S/C29H28N2O4/c1-2-3-18-29(28(34)35)24-23(26(32)31(27(24)33)22-12-8-5-9-13-22)25(30-29)21-16-14-20(15-17-21)19-10-6-4-7-11-19/h4-17,23-25,30H,2-3,18H2,1H3,(H,34,35). The number of benzene rings is 3. The minimum Gasteiger partial charge on any atom is -0.480 e. The average Bonchev–Trinajstić information content (AvgIpc) is 3.38. The molecule has 5 rings (SSSR count). The van der Waals surface area contributed by atoms with Gasteiger partial charge in [-0.05, 0) is 35.2 Å². The lowest BCUT2D eigenvalue weighted by Gasteiger charge is -2.31. The first-order chi connectivity index (χ1) is 17.0. The van der Waals surface area contributed by atoms with Gasteiger partial charge < -0.3 is 5.11 Å². The number of anilines is 1. The van der Waals surface area contributed by atoms with E-state index in [0.29, 0.717) is 12.1 Å². The number of carbonyl (C=O) groups excluding carboxylic acids is 2. The topological polar surface area (TPSA) is 86.7 Å². The zero-order valence-corrected chi connectivity index (χ0v) is 19.6. The Bertz CT molecular complexity index is 1240. The summed E-state index contributed by atoms with van der Waals surface area (Å²) >= 11 is 0. The monoisotopic (exact) mass is 468 g/mol. The number of imide groups is 1. The molecule has 2 amide bonds. The van der Waals surface area contributed by atoms with Crippen molar-refractivity contribution in [1.82, 2.24) is 5.32 Å². The molecule has 3 aromatic rings. The molecular weight excluding hydrogens is 440 g/mol. The first kappa shape index (κ1) is 23.0. The molecule has 0 aliphatic carbocycles. The third kappa shape index (κ3) is 3.74. The van der Waals surface area contributed by atoms with Gasteiger partial charge in [-0.25, -0.2) is 4.90 Å². The summed E-state index contributed by atoms with van der Waals surface area (Å²) in [4.78, 5) is 41.3. The van der Waals surface area contributed by atoms with Crippen molar-refractivity contribution in [3.63, 3.8) is 0 Å². The Labute approximate surface area is 204 Å². The van der Waals surface area contributed by atoms with Crippen molar-refractivity contribution in [3.8, 4) is 11.1 Å². The molecule has 0 radical (unpaired) electrons. The highest BCUT2D eigenvalue weighted by Crippen LogP contribution is 2.51. The van der Waals surface area contributed by atoms with Crippen molar-refractivity contribution >= 4 is 23.5 Å². The number of unbranched alkanes of at least 4 members (excludes halogenated alkanes) is 1. The summed E-state index contributed by atoms with van der Waals surface area (Å²) in [5.74, 6) is -3.65. The van der Waals surface area contributed by atoms with Gasteiger partial charge in [-0.15, -0.1) is 0 Å². The van der Waals surface area contributed by atoms with Gasteiger partial charge in [0.15, 0.2) is 0 Å². The molecule has 2 fully saturated rings. The summed E-state index contributed by atoms with van der Waals surface area (Å²) in [7, 11) is 0. The van der Waals surface area contributed by atoms with E-state index in [1.807, 2.05) is 67.6 Å². The maximum absolute atomic E-state index is 13.7. The van der Waals surface area contributed by atoms with Crippen molar-refractivity contribution in [1.29, 1.82) is 0 Å². The number of hydrogen-bond donors (Lipinski definition) is 2. The molecule has 6 nitrogen and oxygen atoms in total. The van der Waals surface area contributed by atoms with Crippen LogP contribution in [0.1, 0.15) is 37.8 Å². The third-order valence-electron chi connectivity index (χ3n) is 7.35. The van der Waals surface area contributed by atoms with Gasteiger partial charge in [-0.1, -0.05) is 92.6 Å². The van der Waals surface area contributed by atoms with Crippen LogP contribution in [0.4, 0.5) is 5.69 Å². The largest absolute Gasteiger partial charge is 0.480 e. The fourth-order valence-corrected chi connectivity index (χ4v) is 5.62. The molecule has 0 aromatic heterocycles. The number of aliphatic carboxylic acids is 1. The lowest BCUT2D eigenvalue weighted by Crippen LogP contribution is -2.55. The maximum atomic E-state index is 13.7. The second-order valence-corrected chi connectivity index (χ2v) is 9.34. The summed E-state index contributed by atoms with van der Waals surface area (Å²) in [6.07, 6.45) is 1.70. The fraction of sp³-hybridized carbons (Fsp3) is 0.276. The Morgan fingerprint density at radius 2 is 1.49 bits per heavy atom. The Kier molecular flexibility index (Phi) is 5.99.